The minimum absolute atomic E-state index is 0.0290. The molecule has 0 saturated carbocycles. The highest BCUT2D eigenvalue weighted by atomic mass is 127. The number of anilines is 1. The third-order valence-electron chi connectivity index (χ3n) is 4.24. The zero-order chi connectivity index (χ0) is 18.9. The highest BCUT2D eigenvalue weighted by molar-refractivity contribution is 14.1. The topological polar surface area (TPSA) is 103 Å². The van der Waals surface area contributed by atoms with Crippen LogP contribution in [-0.2, 0) is 12.1 Å². The maximum absolute atomic E-state index is 14.3. The second-order valence-corrected chi connectivity index (χ2v) is 7.01. The van der Waals surface area contributed by atoms with Crippen LogP contribution >= 0.6 is 22.6 Å². The molecular weight excluding hydrogens is 457 g/mol. The summed E-state index contributed by atoms with van der Waals surface area (Å²) in [5, 5.41) is 15.6. The molecule has 0 bridgehead atoms. The summed E-state index contributed by atoms with van der Waals surface area (Å²) in [4.78, 5) is 11.5. The molecule has 2 atom stereocenters. The number of hydrogen-bond acceptors (Lipinski definition) is 6. The van der Waals surface area contributed by atoms with Crippen molar-refractivity contribution in [1.82, 2.24) is 24.7 Å². The van der Waals surface area contributed by atoms with Gasteiger partial charge < -0.3 is 10.8 Å². The van der Waals surface area contributed by atoms with Crippen molar-refractivity contribution in [2.24, 2.45) is 0 Å². The minimum atomic E-state index is -1.68. The van der Waals surface area contributed by atoms with Crippen LogP contribution in [-0.4, -0.2) is 29.8 Å². The van der Waals surface area contributed by atoms with Gasteiger partial charge in [-0.05, 0) is 34.7 Å². The lowest BCUT2D eigenvalue weighted by Gasteiger charge is -2.35. The normalized spacial score (nSPS) is 14.8. The fourth-order valence-electron chi connectivity index (χ4n) is 2.78. The Kier molecular flexibility index (Phi) is 5.14. The van der Waals surface area contributed by atoms with Crippen molar-refractivity contribution in [1.29, 1.82) is 0 Å². The maximum Gasteiger partial charge on any atom is 0.163 e. The Balaban J connectivity index is 2.17. The number of hydrogen-bond donors (Lipinski definition) is 2. The third kappa shape index (κ3) is 3.38. The lowest BCUT2D eigenvalue weighted by Crippen LogP contribution is -2.39. The molecular formula is C16H15F2IN6O. The van der Waals surface area contributed by atoms with Gasteiger partial charge in [0.05, 0.1) is 24.1 Å². The second-order valence-electron chi connectivity index (χ2n) is 5.85. The van der Waals surface area contributed by atoms with E-state index in [-0.39, 0.29) is 17.9 Å². The lowest BCUT2D eigenvalue weighted by molar-refractivity contribution is -0.0110. The Labute approximate surface area is 161 Å². The predicted molar refractivity (Wildman–Crippen MR) is 97.9 cm³/mol. The molecule has 1 aromatic carbocycles. The number of halogens is 3. The standard InChI is InChI=1S/C16H15F2IN6O/c1-9(15-12(18)4-21-6-23-15)16(26,5-25-8-22-7-24-25)10-2-14(20)11(17)3-13(10)19/h2-4,6-9,26H,5,20H2,1H3/t9-,16+/m0/s1. The number of aromatic nitrogens is 5. The summed E-state index contributed by atoms with van der Waals surface area (Å²) >= 11 is 1.90. The molecule has 0 unspecified atom stereocenters. The fourth-order valence-corrected chi connectivity index (χ4v) is 3.68. The Morgan fingerprint density at radius 3 is 2.69 bits per heavy atom. The van der Waals surface area contributed by atoms with Crippen molar-refractivity contribution in [2.75, 3.05) is 5.73 Å². The summed E-state index contributed by atoms with van der Waals surface area (Å²) in [7, 11) is 0. The molecule has 0 aliphatic heterocycles. The van der Waals surface area contributed by atoms with Crippen LogP contribution in [0.2, 0.25) is 0 Å². The van der Waals surface area contributed by atoms with Crippen LogP contribution in [0.1, 0.15) is 24.1 Å². The number of nitrogens with two attached hydrogens (primary N) is 1. The van der Waals surface area contributed by atoms with Crippen molar-refractivity contribution in [2.45, 2.75) is 25.0 Å². The van der Waals surface area contributed by atoms with E-state index in [9.17, 15) is 13.9 Å². The number of nitrogens with zero attached hydrogens (tertiary/aromatic N) is 5. The molecule has 3 aromatic rings. The molecule has 0 aliphatic carbocycles. The van der Waals surface area contributed by atoms with Gasteiger partial charge in [0.2, 0.25) is 0 Å². The Hall–Kier alpha value is -2.21. The van der Waals surface area contributed by atoms with Crippen molar-refractivity contribution in [3.8, 4) is 0 Å². The monoisotopic (exact) mass is 472 g/mol. The number of benzene rings is 1. The van der Waals surface area contributed by atoms with Crippen molar-refractivity contribution in [3.05, 3.63) is 63.8 Å². The van der Waals surface area contributed by atoms with Crippen molar-refractivity contribution in [3.63, 3.8) is 0 Å². The van der Waals surface area contributed by atoms with Crippen LogP contribution in [0.3, 0.4) is 0 Å². The minimum Gasteiger partial charge on any atom is -0.396 e. The summed E-state index contributed by atoms with van der Waals surface area (Å²) in [6.07, 6.45) is 4.97. The summed E-state index contributed by atoms with van der Waals surface area (Å²) in [5.41, 5.74) is 4.28. The molecule has 26 heavy (non-hydrogen) atoms. The van der Waals surface area contributed by atoms with Crippen LogP contribution in [0.5, 0.6) is 0 Å². The Morgan fingerprint density at radius 1 is 1.27 bits per heavy atom. The van der Waals surface area contributed by atoms with Gasteiger partial charge in [0.1, 0.15) is 30.4 Å². The van der Waals surface area contributed by atoms with E-state index in [1.54, 1.807) is 6.92 Å². The molecule has 0 saturated heterocycles. The summed E-state index contributed by atoms with van der Waals surface area (Å²) in [6, 6.07) is 2.57. The first-order valence-corrected chi connectivity index (χ1v) is 8.66. The molecule has 0 spiro atoms. The van der Waals surface area contributed by atoms with E-state index in [2.05, 4.69) is 20.1 Å². The molecule has 3 N–H and O–H groups in total. The van der Waals surface area contributed by atoms with Crippen LogP contribution in [0.4, 0.5) is 14.5 Å². The Bertz CT molecular complexity index is 923. The average Bonchev–Trinajstić information content (AvgIpc) is 3.10. The SMILES string of the molecule is C[C@@H](c1ncncc1F)[C@](O)(Cn1cncn1)c1cc(N)c(F)cc1I. The first-order chi connectivity index (χ1) is 12.3. The van der Waals surface area contributed by atoms with Gasteiger partial charge in [0.25, 0.3) is 0 Å². The maximum atomic E-state index is 14.3. The van der Waals surface area contributed by atoms with Gasteiger partial charge in [-0.25, -0.2) is 28.4 Å². The van der Waals surface area contributed by atoms with Crippen LogP contribution < -0.4 is 5.73 Å². The molecule has 7 nitrogen and oxygen atoms in total. The van der Waals surface area contributed by atoms with Crippen LogP contribution in [0.15, 0.2) is 37.3 Å². The summed E-state index contributed by atoms with van der Waals surface area (Å²) < 4.78 is 29.9. The molecule has 0 fully saturated rings. The van der Waals surface area contributed by atoms with E-state index in [1.165, 1.54) is 35.8 Å². The van der Waals surface area contributed by atoms with Gasteiger partial charge in [0.15, 0.2) is 5.82 Å². The first kappa shape index (κ1) is 18.6. The smallest absolute Gasteiger partial charge is 0.163 e. The predicted octanol–water partition coefficient (Wildman–Crippen LogP) is 2.22. The van der Waals surface area contributed by atoms with E-state index in [1.807, 2.05) is 22.6 Å². The molecule has 136 valence electrons. The molecule has 10 heteroatoms. The Morgan fingerprint density at radius 2 is 2.04 bits per heavy atom. The van der Waals surface area contributed by atoms with Crippen LogP contribution in [0, 0.1) is 15.2 Å². The summed E-state index contributed by atoms with van der Waals surface area (Å²) in [5.74, 6) is -2.06. The van der Waals surface area contributed by atoms with Gasteiger partial charge in [-0.15, -0.1) is 0 Å². The fraction of sp³-hybridized carbons (Fsp3) is 0.250. The largest absolute Gasteiger partial charge is 0.396 e. The van der Waals surface area contributed by atoms with Gasteiger partial charge in [-0.3, -0.25) is 0 Å². The number of nitrogen functional groups attached to an aromatic ring is 1. The van der Waals surface area contributed by atoms with Gasteiger partial charge in [0, 0.05) is 15.1 Å². The zero-order valence-corrected chi connectivity index (χ0v) is 15.8. The second kappa shape index (κ2) is 7.19. The molecule has 3 rings (SSSR count). The van der Waals surface area contributed by atoms with Crippen LogP contribution in [0.25, 0.3) is 0 Å². The average molecular weight is 472 g/mol. The van der Waals surface area contributed by atoms with Gasteiger partial charge in [-0.1, -0.05) is 6.92 Å². The molecule has 0 radical (unpaired) electrons. The van der Waals surface area contributed by atoms with Gasteiger partial charge in [-0.2, -0.15) is 5.10 Å². The number of rotatable bonds is 5. The van der Waals surface area contributed by atoms with Gasteiger partial charge >= 0.3 is 0 Å². The molecule has 0 aliphatic rings. The van der Waals surface area contributed by atoms with Crippen molar-refractivity contribution < 1.29 is 13.9 Å². The third-order valence-corrected chi connectivity index (χ3v) is 5.14. The van der Waals surface area contributed by atoms with E-state index in [4.69, 9.17) is 5.73 Å². The van der Waals surface area contributed by atoms with E-state index in [0.717, 1.165) is 6.20 Å². The van der Waals surface area contributed by atoms with E-state index in [0.29, 0.717) is 9.13 Å². The highest BCUT2D eigenvalue weighted by Gasteiger charge is 2.41. The number of aliphatic hydroxyl groups is 1. The molecule has 0 amide bonds. The zero-order valence-electron chi connectivity index (χ0n) is 13.6. The highest BCUT2D eigenvalue weighted by Crippen LogP contribution is 2.41. The quantitative estimate of drug-likeness (QED) is 0.436. The summed E-state index contributed by atoms with van der Waals surface area (Å²) in [6.45, 7) is 1.57. The van der Waals surface area contributed by atoms with E-state index >= 15 is 0 Å². The van der Waals surface area contributed by atoms with E-state index < -0.39 is 23.2 Å². The first-order valence-electron chi connectivity index (χ1n) is 7.58. The lowest BCUT2D eigenvalue weighted by atomic mass is 9.80. The molecule has 2 aromatic heterocycles. The molecule has 2 heterocycles. The van der Waals surface area contributed by atoms with Crippen molar-refractivity contribution >= 4 is 28.3 Å².